The molecule has 26 heavy (non-hydrogen) atoms. The lowest BCUT2D eigenvalue weighted by molar-refractivity contribution is 0.0902. The van der Waals surface area contributed by atoms with E-state index in [0.717, 1.165) is 25.9 Å². The molecule has 2 saturated heterocycles. The van der Waals surface area contributed by atoms with Gasteiger partial charge in [0.05, 0.1) is 4.90 Å². The maximum absolute atomic E-state index is 12.5. The highest BCUT2D eigenvalue weighted by molar-refractivity contribution is 7.89. The minimum atomic E-state index is -3.43. The van der Waals surface area contributed by atoms with Gasteiger partial charge in [-0.3, -0.25) is 9.69 Å². The average Bonchev–Trinajstić information content (AvgIpc) is 3.33. The monoisotopic (exact) mass is 379 g/mol. The minimum Gasteiger partial charge on any atom is -0.350 e. The predicted molar refractivity (Wildman–Crippen MR) is 102 cm³/mol. The smallest absolute Gasteiger partial charge is 0.251 e. The Morgan fingerprint density at radius 1 is 1.00 bits per heavy atom. The van der Waals surface area contributed by atoms with Gasteiger partial charge in [0.2, 0.25) is 10.0 Å². The van der Waals surface area contributed by atoms with Gasteiger partial charge in [-0.15, -0.1) is 0 Å². The number of nitrogens with zero attached hydrogens (tertiary/aromatic N) is 2. The Morgan fingerprint density at radius 2 is 1.54 bits per heavy atom. The van der Waals surface area contributed by atoms with Gasteiger partial charge in [-0.1, -0.05) is 0 Å². The first-order valence-corrected chi connectivity index (χ1v) is 10.9. The molecule has 1 N–H and O–H groups in total. The summed E-state index contributed by atoms with van der Waals surface area (Å²) >= 11 is 0. The van der Waals surface area contributed by atoms with Crippen LogP contribution in [-0.4, -0.2) is 61.8 Å². The molecule has 0 bridgehead atoms. The Morgan fingerprint density at radius 3 is 2.12 bits per heavy atom. The molecular formula is C19H29N3O3S. The lowest BCUT2D eigenvalue weighted by atomic mass is 10.0. The molecule has 0 unspecified atom stereocenters. The molecule has 2 aliphatic heterocycles. The largest absolute Gasteiger partial charge is 0.350 e. The zero-order valence-corrected chi connectivity index (χ0v) is 16.5. The first-order valence-electron chi connectivity index (χ1n) is 9.44. The third kappa shape index (κ3) is 4.10. The van der Waals surface area contributed by atoms with Gasteiger partial charge < -0.3 is 5.32 Å². The second kappa shape index (κ2) is 7.66. The number of likely N-dealkylation sites (tertiary alicyclic amines) is 1. The highest BCUT2D eigenvalue weighted by atomic mass is 32.2. The molecule has 6 nitrogen and oxygen atoms in total. The molecule has 7 heteroatoms. The zero-order chi connectivity index (χ0) is 18.8. The number of carbonyl (C=O) groups excluding carboxylic acids is 1. The van der Waals surface area contributed by atoms with Crippen molar-refractivity contribution in [2.75, 3.05) is 32.7 Å². The summed E-state index contributed by atoms with van der Waals surface area (Å²) in [6, 6.07) is 6.27. The molecule has 0 aromatic heterocycles. The summed E-state index contributed by atoms with van der Waals surface area (Å²) in [6.45, 7) is 8.17. The Balaban J connectivity index is 1.62. The van der Waals surface area contributed by atoms with Crippen LogP contribution >= 0.6 is 0 Å². The number of hydrogen-bond acceptors (Lipinski definition) is 4. The quantitative estimate of drug-likeness (QED) is 0.822. The fourth-order valence-corrected chi connectivity index (χ4v) is 5.21. The number of sulfonamides is 1. The fraction of sp³-hybridized carbons (Fsp3) is 0.632. The molecule has 0 radical (unpaired) electrons. The van der Waals surface area contributed by atoms with E-state index in [1.165, 1.54) is 29.3 Å². The van der Waals surface area contributed by atoms with Crippen LogP contribution < -0.4 is 5.32 Å². The first kappa shape index (κ1) is 19.3. The molecule has 3 rings (SSSR count). The van der Waals surface area contributed by atoms with Gasteiger partial charge in [0.25, 0.3) is 5.91 Å². The molecule has 2 aliphatic rings. The van der Waals surface area contributed by atoms with Crippen molar-refractivity contribution in [1.29, 1.82) is 0 Å². The lowest BCUT2D eigenvalue weighted by Gasteiger charge is -2.35. The van der Waals surface area contributed by atoms with Gasteiger partial charge in [0, 0.05) is 30.7 Å². The number of rotatable bonds is 6. The highest BCUT2D eigenvalue weighted by Gasteiger charge is 2.30. The van der Waals surface area contributed by atoms with Crippen LogP contribution in [0.3, 0.4) is 0 Å². The van der Waals surface area contributed by atoms with Crippen molar-refractivity contribution in [3.8, 4) is 0 Å². The van der Waals surface area contributed by atoms with Gasteiger partial charge in [-0.05, 0) is 76.9 Å². The van der Waals surface area contributed by atoms with E-state index in [0.29, 0.717) is 25.2 Å². The molecule has 0 atom stereocenters. The molecule has 2 fully saturated rings. The number of hydrogen-bond donors (Lipinski definition) is 1. The van der Waals surface area contributed by atoms with Crippen LogP contribution in [0.5, 0.6) is 0 Å². The van der Waals surface area contributed by atoms with Crippen molar-refractivity contribution >= 4 is 15.9 Å². The number of nitrogens with one attached hydrogen (secondary N) is 1. The summed E-state index contributed by atoms with van der Waals surface area (Å²) in [6.07, 6.45) is 4.24. The highest BCUT2D eigenvalue weighted by Crippen LogP contribution is 2.22. The second-order valence-electron chi connectivity index (χ2n) is 7.82. The summed E-state index contributed by atoms with van der Waals surface area (Å²) in [5.41, 5.74) is 0.410. The van der Waals surface area contributed by atoms with Gasteiger partial charge in [0.15, 0.2) is 0 Å². The van der Waals surface area contributed by atoms with Crippen molar-refractivity contribution in [3.05, 3.63) is 29.8 Å². The normalized spacial score (nSPS) is 19.8. The van der Waals surface area contributed by atoms with Crippen LogP contribution in [0.2, 0.25) is 0 Å². The summed E-state index contributed by atoms with van der Waals surface area (Å²) in [5.74, 6) is -0.164. The molecule has 144 valence electrons. The number of benzene rings is 1. The number of carbonyl (C=O) groups is 1. The van der Waals surface area contributed by atoms with E-state index in [9.17, 15) is 13.2 Å². The van der Waals surface area contributed by atoms with Crippen LogP contribution in [-0.2, 0) is 10.0 Å². The van der Waals surface area contributed by atoms with Crippen LogP contribution in [0.1, 0.15) is 49.9 Å². The Labute approximate surface area is 156 Å². The van der Waals surface area contributed by atoms with E-state index in [-0.39, 0.29) is 16.3 Å². The second-order valence-corrected chi connectivity index (χ2v) is 9.76. The molecule has 1 amide bonds. The lowest BCUT2D eigenvalue weighted by Crippen LogP contribution is -2.50. The zero-order valence-electron chi connectivity index (χ0n) is 15.7. The van der Waals surface area contributed by atoms with Crippen LogP contribution in [0.25, 0.3) is 0 Å². The van der Waals surface area contributed by atoms with Gasteiger partial charge in [-0.25, -0.2) is 8.42 Å². The van der Waals surface area contributed by atoms with Crippen molar-refractivity contribution in [2.24, 2.45) is 0 Å². The molecule has 0 spiro atoms. The third-order valence-electron chi connectivity index (χ3n) is 5.46. The van der Waals surface area contributed by atoms with Gasteiger partial charge in [-0.2, -0.15) is 4.31 Å². The van der Waals surface area contributed by atoms with Crippen LogP contribution in [0.4, 0.5) is 0 Å². The van der Waals surface area contributed by atoms with Gasteiger partial charge >= 0.3 is 0 Å². The van der Waals surface area contributed by atoms with E-state index in [1.807, 2.05) is 0 Å². The first-order chi connectivity index (χ1) is 12.3. The maximum Gasteiger partial charge on any atom is 0.251 e. The topological polar surface area (TPSA) is 69.7 Å². The minimum absolute atomic E-state index is 0.0782. The maximum atomic E-state index is 12.5. The van der Waals surface area contributed by atoms with Crippen LogP contribution in [0.15, 0.2) is 29.2 Å². The summed E-state index contributed by atoms with van der Waals surface area (Å²) in [7, 11) is -3.43. The average molecular weight is 380 g/mol. The van der Waals surface area contributed by atoms with E-state index in [4.69, 9.17) is 0 Å². The van der Waals surface area contributed by atoms with Crippen molar-refractivity contribution in [1.82, 2.24) is 14.5 Å². The van der Waals surface area contributed by atoms with Crippen molar-refractivity contribution in [3.63, 3.8) is 0 Å². The van der Waals surface area contributed by atoms with Crippen LogP contribution in [0, 0.1) is 0 Å². The predicted octanol–water partition coefficient (Wildman–Crippen LogP) is 2.08. The molecule has 2 heterocycles. The summed E-state index contributed by atoms with van der Waals surface area (Å²) in [4.78, 5) is 15.1. The Hall–Kier alpha value is -1.44. The van der Waals surface area contributed by atoms with Gasteiger partial charge in [0.1, 0.15) is 0 Å². The van der Waals surface area contributed by atoms with E-state index < -0.39 is 10.0 Å². The number of amides is 1. The SMILES string of the molecule is CC(C)(CNC(=O)c1ccc(S(=O)(=O)N2CCCC2)cc1)N1CCCC1. The molecule has 0 saturated carbocycles. The van der Waals surface area contributed by atoms with Crippen molar-refractivity contribution in [2.45, 2.75) is 50.0 Å². The molecule has 0 aliphatic carbocycles. The van der Waals surface area contributed by atoms with E-state index >= 15 is 0 Å². The Kier molecular flexibility index (Phi) is 5.69. The Bertz CT molecular complexity index is 732. The third-order valence-corrected chi connectivity index (χ3v) is 7.38. The summed E-state index contributed by atoms with van der Waals surface area (Å²) in [5, 5.41) is 2.99. The molecule has 1 aromatic carbocycles. The van der Waals surface area contributed by atoms with E-state index in [2.05, 4.69) is 24.1 Å². The summed E-state index contributed by atoms with van der Waals surface area (Å²) < 4.78 is 26.6. The fourth-order valence-electron chi connectivity index (χ4n) is 3.69. The van der Waals surface area contributed by atoms with E-state index in [1.54, 1.807) is 12.1 Å². The van der Waals surface area contributed by atoms with Crippen molar-refractivity contribution < 1.29 is 13.2 Å². The standard InChI is InChI=1S/C19H29N3O3S/c1-19(2,21-11-3-4-12-21)15-20-18(23)16-7-9-17(10-8-16)26(24,25)22-13-5-6-14-22/h7-10H,3-6,11-15H2,1-2H3,(H,20,23). The molecule has 1 aromatic rings. The molecular weight excluding hydrogens is 350 g/mol.